The Morgan fingerprint density at radius 3 is 2.88 bits per heavy atom. The highest BCUT2D eigenvalue weighted by Crippen LogP contribution is 2.23. The molecule has 1 aliphatic heterocycles. The Hall–Kier alpha value is -0.0500. The zero-order valence-corrected chi connectivity index (χ0v) is 11.9. The van der Waals surface area contributed by atoms with E-state index in [-0.39, 0.29) is 0 Å². The van der Waals surface area contributed by atoms with Crippen LogP contribution in [0.3, 0.4) is 0 Å². The third-order valence-electron chi connectivity index (χ3n) is 3.25. The molecule has 0 saturated carbocycles. The van der Waals surface area contributed by atoms with E-state index in [9.17, 15) is 0 Å². The summed E-state index contributed by atoms with van der Waals surface area (Å²) in [7, 11) is 0. The number of halogens is 2. The van der Waals surface area contributed by atoms with Crippen LogP contribution in [0.15, 0.2) is 22.7 Å². The average molecular weight is 303 g/mol. The lowest BCUT2D eigenvalue weighted by Crippen LogP contribution is -2.36. The van der Waals surface area contributed by atoms with Gasteiger partial charge in [0.2, 0.25) is 0 Å². The lowest BCUT2D eigenvalue weighted by atomic mass is 10.0. The van der Waals surface area contributed by atoms with Gasteiger partial charge in [-0.15, -0.1) is 0 Å². The minimum atomic E-state index is 0.700. The van der Waals surface area contributed by atoms with Gasteiger partial charge in [0, 0.05) is 22.1 Å². The van der Waals surface area contributed by atoms with E-state index in [2.05, 4.69) is 39.9 Å². The number of nitrogens with zero attached hydrogens (tertiary/aromatic N) is 1. The molecule has 3 heteroatoms. The number of hydrogen-bond donors (Lipinski definition) is 0. The molecule has 0 spiro atoms. The number of benzene rings is 1. The molecule has 1 saturated heterocycles. The molecule has 0 aliphatic carbocycles. The van der Waals surface area contributed by atoms with Crippen molar-refractivity contribution < 1.29 is 0 Å². The molecular weight excluding hydrogens is 286 g/mol. The van der Waals surface area contributed by atoms with Gasteiger partial charge in [-0.1, -0.05) is 34.0 Å². The van der Waals surface area contributed by atoms with Crippen molar-refractivity contribution in [2.24, 2.45) is 0 Å². The van der Waals surface area contributed by atoms with Crippen LogP contribution in [0.5, 0.6) is 0 Å². The fourth-order valence-electron chi connectivity index (χ4n) is 2.33. The SMILES string of the molecule is CC1CCCCN1Cc1cc(Cl)cc(Br)c1. The Morgan fingerprint density at radius 2 is 2.19 bits per heavy atom. The summed E-state index contributed by atoms with van der Waals surface area (Å²) >= 11 is 9.55. The maximum absolute atomic E-state index is 6.06. The highest BCUT2D eigenvalue weighted by Gasteiger charge is 2.18. The van der Waals surface area contributed by atoms with Gasteiger partial charge in [0.1, 0.15) is 0 Å². The van der Waals surface area contributed by atoms with Crippen LogP contribution in [0, 0.1) is 0 Å². The van der Waals surface area contributed by atoms with Crippen LogP contribution in [0.25, 0.3) is 0 Å². The van der Waals surface area contributed by atoms with Crippen LogP contribution in [0.4, 0.5) is 0 Å². The van der Waals surface area contributed by atoms with Crippen molar-refractivity contribution in [2.75, 3.05) is 6.54 Å². The third-order valence-corrected chi connectivity index (χ3v) is 3.92. The second kappa shape index (κ2) is 5.52. The molecular formula is C13H17BrClN. The zero-order chi connectivity index (χ0) is 11.5. The fraction of sp³-hybridized carbons (Fsp3) is 0.538. The van der Waals surface area contributed by atoms with Gasteiger partial charge >= 0.3 is 0 Å². The molecule has 1 nitrogen and oxygen atoms in total. The molecule has 0 aromatic heterocycles. The van der Waals surface area contributed by atoms with E-state index in [1.165, 1.54) is 31.4 Å². The van der Waals surface area contributed by atoms with E-state index in [4.69, 9.17) is 11.6 Å². The topological polar surface area (TPSA) is 3.24 Å². The van der Waals surface area contributed by atoms with E-state index in [1.807, 2.05) is 6.07 Å². The molecule has 16 heavy (non-hydrogen) atoms. The number of hydrogen-bond acceptors (Lipinski definition) is 1. The summed E-state index contributed by atoms with van der Waals surface area (Å²) < 4.78 is 1.07. The highest BCUT2D eigenvalue weighted by atomic mass is 79.9. The van der Waals surface area contributed by atoms with Crippen molar-refractivity contribution in [1.29, 1.82) is 0 Å². The molecule has 1 aromatic carbocycles. The third kappa shape index (κ3) is 3.22. The number of rotatable bonds is 2. The van der Waals surface area contributed by atoms with Crippen molar-refractivity contribution in [3.8, 4) is 0 Å². The van der Waals surface area contributed by atoms with E-state index in [0.717, 1.165) is 16.0 Å². The molecule has 2 rings (SSSR count). The normalized spacial score (nSPS) is 22.3. The van der Waals surface area contributed by atoms with Crippen molar-refractivity contribution in [3.05, 3.63) is 33.3 Å². The number of likely N-dealkylation sites (tertiary alicyclic amines) is 1. The smallest absolute Gasteiger partial charge is 0.0420 e. The molecule has 1 fully saturated rings. The maximum Gasteiger partial charge on any atom is 0.0420 e. The van der Waals surface area contributed by atoms with Gasteiger partial charge < -0.3 is 0 Å². The summed E-state index contributed by atoms with van der Waals surface area (Å²) in [6, 6.07) is 6.86. The molecule has 1 heterocycles. The van der Waals surface area contributed by atoms with Gasteiger partial charge in [0.15, 0.2) is 0 Å². The summed E-state index contributed by atoms with van der Waals surface area (Å²) in [5.74, 6) is 0. The average Bonchev–Trinajstić information content (AvgIpc) is 2.20. The monoisotopic (exact) mass is 301 g/mol. The van der Waals surface area contributed by atoms with Gasteiger partial charge in [0.05, 0.1) is 0 Å². The Kier molecular flexibility index (Phi) is 4.28. The molecule has 0 amide bonds. The molecule has 88 valence electrons. The molecule has 0 radical (unpaired) electrons. The van der Waals surface area contributed by atoms with E-state index < -0.39 is 0 Å². The molecule has 1 aromatic rings. The second-order valence-electron chi connectivity index (χ2n) is 4.59. The van der Waals surface area contributed by atoms with Crippen molar-refractivity contribution in [1.82, 2.24) is 4.90 Å². The van der Waals surface area contributed by atoms with Gasteiger partial charge in [-0.3, -0.25) is 4.90 Å². The first kappa shape index (κ1) is 12.4. The predicted molar refractivity (Wildman–Crippen MR) is 72.9 cm³/mol. The largest absolute Gasteiger partial charge is 0.296 e. The summed E-state index contributed by atoms with van der Waals surface area (Å²) in [6.07, 6.45) is 4.02. The molecule has 1 atom stereocenters. The summed E-state index contributed by atoms with van der Waals surface area (Å²) in [5, 5.41) is 0.814. The summed E-state index contributed by atoms with van der Waals surface area (Å²) in [6.45, 7) is 4.55. The van der Waals surface area contributed by atoms with Gasteiger partial charge in [-0.2, -0.15) is 0 Å². The van der Waals surface area contributed by atoms with Crippen LogP contribution in [-0.2, 0) is 6.54 Å². The maximum atomic E-state index is 6.06. The molecule has 0 bridgehead atoms. The Morgan fingerprint density at radius 1 is 1.38 bits per heavy atom. The van der Waals surface area contributed by atoms with Crippen LogP contribution in [0.1, 0.15) is 31.7 Å². The number of piperidine rings is 1. The van der Waals surface area contributed by atoms with Gasteiger partial charge in [0.25, 0.3) is 0 Å². The van der Waals surface area contributed by atoms with Crippen molar-refractivity contribution in [2.45, 2.75) is 38.8 Å². The highest BCUT2D eigenvalue weighted by molar-refractivity contribution is 9.10. The van der Waals surface area contributed by atoms with Gasteiger partial charge in [-0.25, -0.2) is 0 Å². The van der Waals surface area contributed by atoms with E-state index in [0.29, 0.717) is 6.04 Å². The lowest BCUT2D eigenvalue weighted by Gasteiger charge is -2.33. The van der Waals surface area contributed by atoms with E-state index >= 15 is 0 Å². The standard InChI is InChI=1S/C13H17BrClN/c1-10-4-2-3-5-16(10)9-11-6-12(14)8-13(15)7-11/h6-8,10H,2-5,9H2,1H3. The van der Waals surface area contributed by atoms with Crippen molar-refractivity contribution in [3.63, 3.8) is 0 Å². The molecule has 1 aliphatic rings. The Bertz CT molecular complexity index is 347. The summed E-state index contributed by atoms with van der Waals surface area (Å²) in [4.78, 5) is 2.54. The van der Waals surface area contributed by atoms with Gasteiger partial charge in [-0.05, 0) is 50.1 Å². The lowest BCUT2D eigenvalue weighted by molar-refractivity contribution is 0.152. The molecule has 0 N–H and O–H groups in total. The Balaban J connectivity index is 2.07. The van der Waals surface area contributed by atoms with E-state index in [1.54, 1.807) is 0 Å². The quantitative estimate of drug-likeness (QED) is 0.779. The second-order valence-corrected chi connectivity index (χ2v) is 5.95. The predicted octanol–water partition coefficient (Wildman–Crippen LogP) is 4.48. The minimum Gasteiger partial charge on any atom is -0.296 e. The van der Waals surface area contributed by atoms with Crippen LogP contribution < -0.4 is 0 Å². The first-order valence-electron chi connectivity index (χ1n) is 5.84. The zero-order valence-electron chi connectivity index (χ0n) is 9.55. The van der Waals surface area contributed by atoms with Crippen molar-refractivity contribution >= 4 is 27.5 Å². The summed E-state index contributed by atoms with van der Waals surface area (Å²) in [5.41, 5.74) is 1.30. The first-order valence-corrected chi connectivity index (χ1v) is 7.01. The Labute approximate surface area is 111 Å². The van der Waals surface area contributed by atoms with Crippen LogP contribution >= 0.6 is 27.5 Å². The van der Waals surface area contributed by atoms with Crippen LogP contribution in [-0.4, -0.2) is 17.5 Å². The van der Waals surface area contributed by atoms with Crippen LogP contribution in [0.2, 0.25) is 5.02 Å². The fourth-order valence-corrected chi connectivity index (χ4v) is 3.26. The minimum absolute atomic E-state index is 0.700. The molecule has 1 unspecified atom stereocenters. The first-order chi connectivity index (χ1) is 7.65.